The highest BCUT2D eigenvalue weighted by Crippen LogP contribution is 2.17. The van der Waals surface area contributed by atoms with Gasteiger partial charge in [-0.05, 0) is 12.8 Å². The van der Waals surface area contributed by atoms with Crippen LogP contribution in [0.3, 0.4) is 0 Å². The van der Waals surface area contributed by atoms with Crippen LogP contribution in [0.5, 0.6) is 0 Å². The molecule has 0 spiro atoms. The van der Waals surface area contributed by atoms with Gasteiger partial charge in [-0.1, -0.05) is 25.4 Å². The number of hydrogen-bond donors (Lipinski definition) is 2. The fraction of sp³-hybridized carbons (Fsp3) is 1.00. The number of hydrogen-bond acceptors (Lipinski definition) is 2. The predicted octanol–water partition coefficient (Wildman–Crippen LogP) is 0.917. The lowest BCUT2D eigenvalue weighted by molar-refractivity contribution is 0.0882. The molecule has 0 aromatic heterocycles. The van der Waals surface area contributed by atoms with Crippen LogP contribution in [0, 0.1) is 5.92 Å². The third kappa shape index (κ3) is 3.04. The molecule has 2 atom stereocenters. The number of alkyl halides is 1. The number of nitrogens with two attached hydrogens (primary N) is 1. The average Bonchev–Trinajstić information content (AvgIpc) is 1.62. The van der Waals surface area contributed by atoms with Crippen LogP contribution in [0.15, 0.2) is 0 Å². The molecular formula is C6H14ClNO. The molecule has 0 radical (unpaired) electrons. The van der Waals surface area contributed by atoms with Gasteiger partial charge in [0, 0.05) is 0 Å². The number of halogens is 1. The quantitative estimate of drug-likeness (QED) is 0.456. The molecule has 3 N–H and O–H groups in total. The lowest BCUT2D eigenvalue weighted by Gasteiger charge is -2.26. The first kappa shape index (κ1) is 9.21. The van der Waals surface area contributed by atoms with E-state index in [1.54, 1.807) is 6.92 Å². The molecular weight excluding hydrogens is 138 g/mol. The SMILES string of the molecule is CC(C)C(O)C(C)(N)Cl. The maximum absolute atomic E-state index is 9.21. The molecule has 3 heteroatoms. The molecule has 0 amide bonds. The Morgan fingerprint density at radius 2 is 1.89 bits per heavy atom. The van der Waals surface area contributed by atoms with E-state index in [0.29, 0.717) is 0 Å². The molecule has 2 unspecified atom stereocenters. The van der Waals surface area contributed by atoms with E-state index in [2.05, 4.69) is 0 Å². The van der Waals surface area contributed by atoms with Gasteiger partial charge in [-0.15, -0.1) is 0 Å². The van der Waals surface area contributed by atoms with Crippen LogP contribution in [0.25, 0.3) is 0 Å². The van der Waals surface area contributed by atoms with Gasteiger partial charge < -0.3 is 10.8 Å². The van der Waals surface area contributed by atoms with Crippen LogP contribution < -0.4 is 5.73 Å². The van der Waals surface area contributed by atoms with E-state index in [0.717, 1.165) is 0 Å². The standard InChI is InChI=1S/C6H14ClNO/c1-4(2)5(9)6(3,7)8/h4-5,9H,8H2,1-3H3. The zero-order valence-electron chi connectivity index (χ0n) is 6.06. The molecule has 0 aliphatic rings. The number of aliphatic hydroxyl groups excluding tert-OH is 1. The molecule has 0 heterocycles. The van der Waals surface area contributed by atoms with Crippen molar-refractivity contribution >= 4 is 11.6 Å². The van der Waals surface area contributed by atoms with Crippen molar-refractivity contribution in [1.82, 2.24) is 0 Å². The van der Waals surface area contributed by atoms with Gasteiger partial charge >= 0.3 is 0 Å². The molecule has 56 valence electrons. The summed E-state index contributed by atoms with van der Waals surface area (Å²) in [5, 5.41) is 9.21. The zero-order chi connectivity index (χ0) is 7.65. The molecule has 2 nitrogen and oxygen atoms in total. The third-order valence-electron chi connectivity index (χ3n) is 1.21. The topological polar surface area (TPSA) is 46.2 Å². The summed E-state index contributed by atoms with van der Waals surface area (Å²) < 4.78 is 0. The molecule has 0 rings (SSSR count). The van der Waals surface area contributed by atoms with E-state index in [9.17, 15) is 5.11 Å². The highest BCUT2D eigenvalue weighted by Gasteiger charge is 2.27. The molecule has 0 aliphatic carbocycles. The second-order valence-electron chi connectivity index (χ2n) is 2.84. The minimum atomic E-state index is -0.992. The van der Waals surface area contributed by atoms with Crippen LogP contribution >= 0.6 is 11.6 Å². The summed E-state index contributed by atoms with van der Waals surface area (Å²) >= 11 is 5.61. The van der Waals surface area contributed by atoms with Gasteiger partial charge in [-0.3, -0.25) is 0 Å². The highest BCUT2D eigenvalue weighted by atomic mass is 35.5. The Labute approximate surface area is 61.0 Å². The number of rotatable bonds is 2. The Kier molecular flexibility index (Phi) is 2.93. The molecule has 9 heavy (non-hydrogen) atoms. The Balaban J connectivity index is 3.88. The average molecular weight is 152 g/mol. The molecule has 0 fully saturated rings. The van der Waals surface area contributed by atoms with E-state index < -0.39 is 11.1 Å². The van der Waals surface area contributed by atoms with Crippen LogP contribution in [-0.2, 0) is 0 Å². The lowest BCUT2D eigenvalue weighted by atomic mass is 10.0. The molecule has 0 saturated heterocycles. The second kappa shape index (κ2) is 2.86. The summed E-state index contributed by atoms with van der Waals surface area (Å²) in [6.45, 7) is 5.34. The van der Waals surface area contributed by atoms with Gasteiger partial charge in [0.25, 0.3) is 0 Å². The summed E-state index contributed by atoms with van der Waals surface area (Å²) in [5.41, 5.74) is 5.40. The van der Waals surface area contributed by atoms with Crippen molar-refractivity contribution in [3.63, 3.8) is 0 Å². The van der Waals surface area contributed by atoms with Crippen molar-refractivity contribution in [2.45, 2.75) is 31.9 Å². The summed E-state index contributed by atoms with van der Waals surface area (Å²) in [6, 6.07) is 0. The van der Waals surface area contributed by atoms with E-state index in [1.807, 2.05) is 13.8 Å². The van der Waals surface area contributed by atoms with Crippen LogP contribution in [-0.4, -0.2) is 16.2 Å². The highest BCUT2D eigenvalue weighted by molar-refractivity contribution is 6.23. The summed E-state index contributed by atoms with van der Waals surface area (Å²) in [5.74, 6) is 0.109. The minimum Gasteiger partial charge on any atom is -0.390 e. The largest absolute Gasteiger partial charge is 0.390 e. The van der Waals surface area contributed by atoms with Crippen molar-refractivity contribution in [1.29, 1.82) is 0 Å². The fourth-order valence-electron chi connectivity index (χ4n) is 0.652. The molecule has 0 aliphatic heterocycles. The minimum absolute atomic E-state index is 0.109. The van der Waals surface area contributed by atoms with Gasteiger partial charge in [-0.2, -0.15) is 0 Å². The third-order valence-corrected chi connectivity index (χ3v) is 1.43. The van der Waals surface area contributed by atoms with Gasteiger partial charge in [0.15, 0.2) is 0 Å². The van der Waals surface area contributed by atoms with E-state index in [-0.39, 0.29) is 5.92 Å². The van der Waals surface area contributed by atoms with Crippen LogP contribution in [0.1, 0.15) is 20.8 Å². The van der Waals surface area contributed by atoms with Gasteiger partial charge in [0.2, 0.25) is 0 Å². The first-order chi connectivity index (χ1) is 3.85. The zero-order valence-corrected chi connectivity index (χ0v) is 6.81. The Bertz CT molecular complexity index is 87.5. The normalized spacial score (nSPS) is 21.7. The maximum atomic E-state index is 9.21. The Morgan fingerprint density at radius 3 is 1.89 bits per heavy atom. The van der Waals surface area contributed by atoms with Crippen LogP contribution in [0.2, 0.25) is 0 Å². The maximum Gasteiger partial charge on any atom is 0.115 e. The van der Waals surface area contributed by atoms with Gasteiger partial charge in [0.1, 0.15) is 5.00 Å². The summed E-state index contributed by atoms with van der Waals surface area (Å²) in [4.78, 5) is -0.992. The van der Waals surface area contributed by atoms with E-state index in [4.69, 9.17) is 17.3 Å². The molecule has 0 aromatic carbocycles. The van der Waals surface area contributed by atoms with Crippen molar-refractivity contribution in [3.05, 3.63) is 0 Å². The van der Waals surface area contributed by atoms with E-state index in [1.165, 1.54) is 0 Å². The predicted molar refractivity (Wildman–Crippen MR) is 39.3 cm³/mol. The van der Waals surface area contributed by atoms with Crippen molar-refractivity contribution in [2.24, 2.45) is 11.7 Å². The Morgan fingerprint density at radius 1 is 1.56 bits per heavy atom. The lowest BCUT2D eigenvalue weighted by Crippen LogP contribution is -2.45. The van der Waals surface area contributed by atoms with E-state index >= 15 is 0 Å². The summed E-state index contributed by atoms with van der Waals surface area (Å²) in [7, 11) is 0. The van der Waals surface area contributed by atoms with Crippen LogP contribution in [0.4, 0.5) is 0 Å². The first-order valence-electron chi connectivity index (χ1n) is 3.01. The van der Waals surface area contributed by atoms with Gasteiger partial charge in [-0.25, -0.2) is 0 Å². The van der Waals surface area contributed by atoms with Gasteiger partial charge in [0.05, 0.1) is 6.10 Å². The number of aliphatic hydroxyl groups is 1. The smallest absolute Gasteiger partial charge is 0.115 e. The molecule has 0 aromatic rings. The first-order valence-corrected chi connectivity index (χ1v) is 3.39. The molecule has 0 bridgehead atoms. The molecule has 0 saturated carbocycles. The van der Waals surface area contributed by atoms with Crippen molar-refractivity contribution in [2.75, 3.05) is 0 Å². The van der Waals surface area contributed by atoms with Crippen molar-refractivity contribution in [3.8, 4) is 0 Å². The monoisotopic (exact) mass is 151 g/mol. The fourth-order valence-corrected chi connectivity index (χ4v) is 0.904. The Hall–Kier alpha value is 0.210. The summed E-state index contributed by atoms with van der Waals surface area (Å²) in [6.07, 6.45) is -0.640. The second-order valence-corrected chi connectivity index (χ2v) is 3.65. The van der Waals surface area contributed by atoms with Crippen molar-refractivity contribution < 1.29 is 5.11 Å².